The second-order valence-corrected chi connectivity index (χ2v) is 9.16. The molecule has 0 spiro atoms. The first-order valence-electron chi connectivity index (χ1n) is 11.1. The first kappa shape index (κ1) is 25.3. The second-order valence-electron chi connectivity index (χ2n) is 8.13. The molecule has 2 amide bonds. The number of pyridine rings is 1. The predicted octanol–water partition coefficient (Wildman–Crippen LogP) is 2.41. The molecule has 1 aromatic carbocycles. The lowest BCUT2D eigenvalue weighted by atomic mass is 10.1. The van der Waals surface area contributed by atoms with E-state index in [0.717, 1.165) is 10.9 Å². The highest BCUT2D eigenvalue weighted by molar-refractivity contribution is 7.09. The quantitative estimate of drug-likeness (QED) is 0.422. The van der Waals surface area contributed by atoms with E-state index >= 15 is 0 Å². The average molecular weight is 519 g/mol. The van der Waals surface area contributed by atoms with E-state index in [-0.39, 0.29) is 24.5 Å². The van der Waals surface area contributed by atoms with Crippen LogP contribution >= 0.6 is 11.3 Å². The molecule has 0 aliphatic carbocycles. The number of aromatic nitrogens is 1. The van der Waals surface area contributed by atoms with Crippen molar-refractivity contribution in [2.24, 2.45) is 0 Å². The van der Waals surface area contributed by atoms with Gasteiger partial charge in [-0.1, -0.05) is 12.1 Å². The van der Waals surface area contributed by atoms with E-state index in [0.29, 0.717) is 32.2 Å². The average Bonchev–Trinajstić information content (AvgIpc) is 3.36. The van der Waals surface area contributed by atoms with Gasteiger partial charge in [0.05, 0.1) is 6.54 Å². The Bertz CT molecular complexity index is 1330. The third-order valence-electron chi connectivity index (χ3n) is 5.69. The van der Waals surface area contributed by atoms with Crippen LogP contribution in [0.5, 0.6) is 5.75 Å². The Morgan fingerprint density at radius 3 is 2.75 bits per heavy atom. The Balaban J connectivity index is 1.66. The van der Waals surface area contributed by atoms with Crippen molar-refractivity contribution >= 4 is 23.2 Å². The number of nitrogens with one attached hydrogen (secondary N) is 1. The number of hydrogen-bond acceptors (Lipinski definition) is 7. The van der Waals surface area contributed by atoms with Crippen LogP contribution in [0.3, 0.4) is 0 Å². The van der Waals surface area contributed by atoms with Gasteiger partial charge >= 0.3 is 0 Å². The lowest BCUT2D eigenvalue weighted by molar-refractivity contribution is 0.0663. The van der Waals surface area contributed by atoms with Crippen molar-refractivity contribution in [3.63, 3.8) is 0 Å². The van der Waals surface area contributed by atoms with Crippen LogP contribution in [0.15, 0.2) is 46.7 Å². The molecule has 3 heterocycles. The fourth-order valence-corrected chi connectivity index (χ4v) is 4.58. The van der Waals surface area contributed by atoms with Crippen molar-refractivity contribution in [2.75, 3.05) is 31.9 Å². The van der Waals surface area contributed by atoms with Gasteiger partial charge in [0.15, 0.2) is 11.4 Å². The SMILES string of the molecule is COCCCN1CN(Cc2cccs2)n2cc(C(=O)NCc3ccc(F)cc3F)c(=O)c(O)c2C1=O. The van der Waals surface area contributed by atoms with Gasteiger partial charge in [0.25, 0.3) is 11.8 Å². The van der Waals surface area contributed by atoms with Gasteiger partial charge in [-0.2, -0.15) is 0 Å². The van der Waals surface area contributed by atoms with E-state index in [2.05, 4.69) is 5.32 Å². The van der Waals surface area contributed by atoms with E-state index in [1.165, 1.54) is 33.2 Å². The summed E-state index contributed by atoms with van der Waals surface area (Å²) in [4.78, 5) is 41.3. The summed E-state index contributed by atoms with van der Waals surface area (Å²) in [6.07, 6.45) is 1.76. The fourth-order valence-electron chi connectivity index (χ4n) is 3.87. The van der Waals surface area contributed by atoms with Gasteiger partial charge in [-0.15, -0.1) is 11.3 Å². The maximum absolute atomic E-state index is 13.9. The zero-order valence-electron chi connectivity index (χ0n) is 19.4. The summed E-state index contributed by atoms with van der Waals surface area (Å²) in [5, 5.41) is 16.8. The topological polar surface area (TPSA) is 104 Å². The van der Waals surface area contributed by atoms with Gasteiger partial charge in [0.2, 0.25) is 5.43 Å². The minimum atomic E-state index is -1.03. The number of amides is 2. The minimum absolute atomic E-state index is 0.0215. The number of benzene rings is 1. The number of carbonyl (C=O) groups excluding carboxylic acids is 2. The standard InChI is InChI=1S/C24H24F2N4O5S/c1-35-8-3-7-28-14-29(12-17-4-2-9-36-17)30-13-18(21(31)22(32)20(30)24(28)34)23(33)27-11-15-5-6-16(25)10-19(15)26/h2,4-6,9-10,13,32H,3,7-8,11-12,14H2,1H3,(H,27,33). The lowest BCUT2D eigenvalue weighted by Gasteiger charge is -2.39. The van der Waals surface area contributed by atoms with Gasteiger partial charge in [0.1, 0.15) is 23.9 Å². The molecule has 190 valence electrons. The summed E-state index contributed by atoms with van der Waals surface area (Å²) in [6, 6.07) is 6.71. The summed E-state index contributed by atoms with van der Waals surface area (Å²) in [5.74, 6) is -3.88. The first-order valence-corrected chi connectivity index (χ1v) is 11.9. The van der Waals surface area contributed by atoms with E-state index in [1.54, 1.807) is 12.1 Å². The summed E-state index contributed by atoms with van der Waals surface area (Å²) in [6.45, 7) is 0.965. The molecule has 0 saturated heterocycles. The largest absolute Gasteiger partial charge is 0.502 e. The third kappa shape index (κ3) is 5.24. The van der Waals surface area contributed by atoms with Crippen molar-refractivity contribution in [1.82, 2.24) is 14.9 Å². The van der Waals surface area contributed by atoms with E-state index < -0.39 is 40.2 Å². The fraction of sp³-hybridized carbons (Fsp3) is 0.292. The normalized spacial score (nSPS) is 13.1. The van der Waals surface area contributed by atoms with Crippen molar-refractivity contribution in [2.45, 2.75) is 19.5 Å². The molecule has 4 rings (SSSR count). The molecule has 2 aromatic heterocycles. The first-order chi connectivity index (χ1) is 17.3. The number of methoxy groups -OCH3 is 1. The number of nitrogens with zero attached hydrogens (tertiary/aromatic N) is 3. The maximum atomic E-state index is 13.9. The van der Waals surface area contributed by atoms with Crippen LogP contribution in [0, 0.1) is 11.6 Å². The number of halogens is 2. The van der Waals surface area contributed by atoms with Crippen LogP contribution in [-0.4, -0.2) is 53.4 Å². The van der Waals surface area contributed by atoms with Crippen LogP contribution in [0.2, 0.25) is 0 Å². The molecule has 3 aromatic rings. The number of hydrogen-bond donors (Lipinski definition) is 2. The molecule has 9 nitrogen and oxygen atoms in total. The molecule has 0 unspecified atom stereocenters. The molecule has 0 radical (unpaired) electrons. The zero-order valence-corrected chi connectivity index (χ0v) is 20.2. The molecule has 1 aliphatic rings. The Labute approximate surface area is 209 Å². The molecular weight excluding hydrogens is 494 g/mol. The van der Waals surface area contributed by atoms with Gasteiger partial charge < -0.3 is 20.1 Å². The molecule has 1 aliphatic heterocycles. The maximum Gasteiger partial charge on any atom is 0.277 e. The van der Waals surface area contributed by atoms with Crippen molar-refractivity contribution in [1.29, 1.82) is 0 Å². The van der Waals surface area contributed by atoms with Crippen molar-refractivity contribution in [3.8, 4) is 5.75 Å². The third-order valence-corrected chi connectivity index (χ3v) is 6.55. The lowest BCUT2D eigenvalue weighted by Crippen LogP contribution is -2.54. The Morgan fingerprint density at radius 1 is 1.25 bits per heavy atom. The highest BCUT2D eigenvalue weighted by atomic mass is 32.1. The summed E-state index contributed by atoms with van der Waals surface area (Å²) in [5.41, 5.74) is -1.67. The Morgan fingerprint density at radius 2 is 2.06 bits per heavy atom. The molecule has 12 heteroatoms. The van der Waals surface area contributed by atoms with E-state index in [4.69, 9.17) is 4.74 Å². The van der Waals surface area contributed by atoms with E-state index in [9.17, 15) is 28.3 Å². The van der Waals surface area contributed by atoms with Crippen molar-refractivity contribution in [3.05, 3.63) is 85.5 Å². The number of carbonyl (C=O) groups is 2. The number of ether oxygens (including phenoxy) is 1. The monoisotopic (exact) mass is 518 g/mol. The molecular formula is C24H24F2N4O5S. The van der Waals surface area contributed by atoms with Crippen LogP contribution < -0.4 is 15.8 Å². The van der Waals surface area contributed by atoms with Crippen molar-refractivity contribution < 1.29 is 28.2 Å². The number of rotatable bonds is 9. The van der Waals surface area contributed by atoms with Crippen LogP contribution in [0.25, 0.3) is 0 Å². The highest BCUT2D eigenvalue weighted by Gasteiger charge is 2.34. The summed E-state index contributed by atoms with van der Waals surface area (Å²) < 4.78 is 33.5. The summed E-state index contributed by atoms with van der Waals surface area (Å²) in [7, 11) is 1.55. The van der Waals surface area contributed by atoms with Crippen LogP contribution in [0.1, 0.15) is 37.7 Å². The second kappa shape index (κ2) is 10.9. The molecule has 36 heavy (non-hydrogen) atoms. The highest BCUT2D eigenvalue weighted by Crippen LogP contribution is 2.24. The Hall–Kier alpha value is -3.77. The Kier molecular flexibility index (Phi) is 7.65. The molecule has 0 fully saturated rings. The number of aromatic hydroxyl groups is 1. The van der Waals surface area contributed by atoms with E-state index in [1.807, 2.05) is 17.5 Å². The molecule has 0 bridgehead atoms. The smallest absolute Gasteiger partial charge is 0.277 e. The number of fused-ring (bicyclic) bond motifs is 1. The molecule has 2 N–H and O–H groups in total. The van der Waals surface area contributed by atoms with Gasteiger partial charge in [-0.3, -0.25) is 24.1 Å². The molecule has 0 saturated carbocycles. The van der Waals surface area contributed by atoms with Crippen LogP contribution in [-0.2, 0) is 17.8 Å². The predicted molar refractivity (Wildman–Crippen MR) is 129 cm³/mol. The van der Waals surface area contributed by atoms with Gasteiger partial charge in [0, 0.05) is 49.5 Å². The van der Waals surface area contributed by atoms with Gasteiger partial charge in [-0.25, -0.2) is 8.78 Å². The molecule has 0 atom stereocenters. The minimum Gasteiger partial charge on any atom is -0.502 e. The zero-order chi connectivity index (χ0) is 25.8. The number of thiophene rings is 1. The summed E-state index contributed by atoms with van der Waals surface area (Å²) >= 11 is 1.50. The van der Waals surface area contributed by atoms with Gasteiger partial charge in [-0.05, 0) is 23.9 Å². The van der Waals surface area contributed by atoms with Crippen LogP contribution in [0.4, 0.5) is 8.78 Å².